The average Bonchev–Trinajstić information content (AvgIpc) is 3.00. The van der Waals surface area contributed by atoms with Crippen molar-refractivity contribution in [3.63, 3.8) is 0 Å². The number of aliphatic hydroxyl groups is 1. The molecular weight excluding hydrogens is 304 g/mol. The third-order valence-corrected chi connectivity index (χ3v) is 5.12. The van der Waals surface area contributed by atoms with Gasteiger partial charge in [0.15, 0.2) is 0 Å². The van der Waals surface area contributed by atoms with Crippen LogP contribution in [0.15, 0.2) is 30.9 Å². The third kappa shape index (κ3) is 2.84. The maximum absolute atomic E-state index is 12.9. The molecule has 128 valence electrons. The second-order valence-electron chi connectivity index (χ2n) is 6.62. The van der Waals surface area contributed by atoms with Crippen molar-refractivity contribution < 1.29 is 14.7 Å². The van der Waals surface area contributed by atoms with Gasteiger partial charge in [0.1, 0.15) is 0 Å². The Bertz CT molecular complexity index is 671. The summed E-state index contributed by atoms with van der Waals surface area (Å²) in [4.78, 5) is 28.4. The Balaban J connectivity index is 1.90. The summed E-state index contributed by atoms with van der Waals surface area (Å²) in [6.07, 6.45) is 4.82. The zero-order chi connectivity index (χ0) is 17.3. The van der Waals surface area contributed by atoms with E-state index in [0.717, 1.165) is 36.9 Å². The zero-order valence-corrected chi connectivity index (χ0v) is 14.1. The number of carbonyl (C=O) groups is 2. The second-order valence-corrected chi connectivity index (χ2v) is 6.62. The van der Waals surface area contributed by atoms with Gasteiger partial charge in [0.25, 0.3) is 5.91 Å². The van der Waals surface area contributed by atoms with E-state index in [1.807, 2.05) is 19.1 Å². The second kappa shape index (κ2) is 6.77. The first-order valence-corrected chi connectivity index (χ1v) is 8.57. The molecule has 1 N–H and O–H groups in total. The lowest BCUT2D eigenvalue weighted by Gasteiger charge is -2.30. The van der Waals surface area contributed by atoms with E-state index in [4.69, 9.17) is 0 Å². The number of anilines is 1. The molecule has 1 saturated heterocycles. The smallest absolute Gasteiger partial charge is 0.254 e. The molecule has 0 saturated carbocycles. The quantitative estimate of drug-likeness (QED) is 0.865. The molecule has 24 heavy (non-hydrogen) atoms. The number of benzene rings is 1. The number of rotatable bonds is 3. The Labute approximate surface area is 142 Å². The van der Waals surface area contributed by atoms with Gasteiger partial charge in [0.2, 0.25) is 5.91 Å². The van der Waals surface area contributed by atoms with Crippen LogP contribution in [0.25, 0.3) is 0 Å². The lowest BCUT2D eigenvalue weighted by atomic mass is 9.98. The van der Waals surface area contributed by atoms with Crippen molar-refractivity contribution in [2.24, 2.45) is 0 Å². The monoisotopic (exact) mass is 328 g/mol. The van der Waals surface area contributed by atoms with Gasteiger partial charge in [0.05, 0.1) is 12.6 Å². The topological polar surface area (TPSA) is 60.9 Å². The molecule has 0 unspecified atom stereocenters. The molecule has 2 atom stereocenters. The molecule has 1 aromatic carbocycles. The molecule has 0 radical (unpaired) electrons. The van der Waals surface area contributed by atoms with Crippen LogP contribution in [0.4, 0.5) is 5.69 Å². The van der Waals surface area contributed by atoms with Crippen molar-refractivity contribution in [3.05, 3.63) is 42.0 Å². The van der Waals surface area contributed by atoms with Gasteiger partial charge >= 0.3 is 0 Å². The Morgan fingerprint density at radius 1 is 1.38 bits per heavy atom. The number of fused-ring (bicyclic) bond motifs is 1. The molecule has 2 aliphatic rings. The Hall–Kier alpha value is -2.14. The molecule has 0 aliphatic carbocycles. The van der Waals surface area contributed by atoms with E-state index in [0.29, 0.717) is 12.1 Å². The lowest BCUT2D eigenvalue weighted by Crippen LogP contribution is -2.42. The first kappa shape index (κ1) is 16.7. The van der Waals surface area contributed by atoms with Crippen molar-refractivity contribution in [3.8, 4) is 0 Å². The predicted octanol–water partition coefficient (Wildman–Crippen LogP) is 2.14. The molecule has 2 aliphatic heterocycles. The first-order chi connectivity index (χ1) is 11.6. The average molecular weight is 328 g/mol. The highest BCUT2D eigenvalue weighted by molar-refractivity contribution is 6.02. The van der Waals surface area contributed by atoms with Crippen LogP contribution in [0.1, 0.15) is 42.1 Å². The normalized spacial score (nSPS) is 23.1. The number of aliphatic hydroxyl groups excluding tert-OH is 1. The van der Waals surface area contributed by atoms with Crippen molar-refractivity contribution in [2.75, 3.05) is 18.1 Å². The molecular formula is C19H24N2O3. The summed E-state index contributed by atoms with van der Waals surface area (Å²) in [7, 11) is 0. The van der Waals surface area contributed by atoms with Gasteiger partial charge in [-0.3, -0.25) is 9.59 Å². The molecule has 0 aromatic heterocycles. The molecule has 2 heterocycles. The van der Waals surface area contributed by atoms with Crippen LogP contribution >= 0.6 is 0 Å². The zero-order valence-electron chi connectivity index (χ0n) is 14.1. The molecule has 0 bridgehead atoms. The van der Waals surface area contributed by atoms with E-state index in [1.54, 1.807) is 15.9 Å². The van der Waals surface area contributed by atoms with Crippen molar-refractivity contribution in [1.29, 1.82) is 0 Å². The van der Waals surface area contributed by atoms with Gasteiger partial charge in [-0.2, -0.15) is 0 Å². The van der Waals surface area contributed by atoms with Gasteiger partial charge < -0.3 is 14.9 Å². The maximum atomic E-state index is 12.9. The van der Waals surface area contributed by atoms with Crippen molar-refractivity contribution in [2.45, 2.75) is 44.7 Å². The van der Waals surface area contributed by atoms with Crippen LogP contribution in [0, 0.1) is 0 Å². The standard InChI is InChI=1S/C19H24N2O3/c1-3-18(23)20-10-4-5-14-11-15(7-9-17(14)20)19(24)21-13(2)6-8-16(21)12-22/h3,7,9,11,13,16,22H,1,4-6,8,10,12H2,2H3/t13-,16-/m1/s1. The van der Waals surface area contributed by atoms with Crippen LogP contribution in [-0.4, -0.2) is 47.1 Å². The number of hydrogen-bond donors (Lipinski definition) is 1. The van der Waals surface area contributed by atoms with Crippen molar-refractivity contribution in [1.82, 2.24) is 4.90 Å². The Morgan fingerprint density at radius 2 is 2.17 bits per heavy atom. The highest BCUT2D eigenvalue weighted by atomic mass is 16.3. The highest BCUT2D eigenvalue weighted by Gasteiger charge is 2.34. The molecule has 5 heteroatoms. The fourth-order valence-electron chi connectivity index (χ4n) is 3.84. The van der Waals surface area contributed by atoms with Crippen molar-refractivity contribution >= 4 is 17.5 Å². The van der Waals surface area contributed by atoms with Gasteiger partial charge in [-0.05, 0) is 62.4 Å². The minimum Gasteiger partial charge on any atom is -0.394 e. The van der Waals surface area contributed by atoms with Crippen LogP contribution in [-0.2, 0) is 11.2 Å². The maximum Gasteiger partial charge on any atom is 0.254 e. The fourth-order valence-corrected chi connectivity index (χ4v) is 3.84. The van der Waals surface area contributed by atoms with Gasteiger partial charge in [-0.25, -0.2) is 0 Å². The number of aryl methyl sites for hydroxylation is 1. The van der Waals surface area contributed by atoms with E-state index in [2.05, 4.69) is 6.58 Å². The summed E-state index contributed by atoms with van der Waals surface area (Å²) in [5.41, 5.74) is 2.53. The molecule has 0 spiro atoms. The van der Waals surface area contributed by atoms with E-state index in [9.17, 15) is 14.7 Å². The van der Waals surface area contributed by atoms with E-state index < -0.39 is 0 Å². The molecule has 1 aromatic rings. The largest absolute Gasteiger partial charge is 0.394 e. The number of carbonyl (C=O) groups excluding carboxylic acids is 2. The summed E-state index contributed by atoms with van der Waals surface area (Å²) in [5.74, 6) is -0.141. The van der Waals surface area contributed by atoms with Gasteiger partial charge in [-0.1, -0.05) is 6.58 Å². The van der Waals surface area contributed by atoms with Crippen LogP contribution in [0.5, 0.6) is 0 Å². The first-order valence-electron chi connectivity index (χ1n) is 8.57. The number of likely N-dealkylation sites (tertiary alicyclic amines) is 1. The van der Waals surface area contributed by atoms with Crippen LogP contribution in [0.2, 0.25) is 0 Å². The number of hydrogen-bond acceptors (Lipinski definition) is 3. The number of nitrogens with zero attached hydrogens (tertiary/aromatic N) is 2. The third-order valence-electron chi connectivity index (χ3n) is 5.12. The van der Waals surface area contributed by atoms with E-state index in [-0.39, 0.29) is 30.5 Å². The SMILES string of the molecule is C=CC(=O)N1CCCc2cc(C(=O)N3[C@@H](CO)CC[C@H]3C)ccc21. The molecule has 3 rings (SSSR count). The summed E-state index contributed by atoms with van der Waals surface area (Å²) >= 11 is 0. The van der Waals surface area contributed by atoms with Gasteiger partial charge in [-0.15, -0.1) is 0 Å². The molecule has 2 amide bonds. The Kier molecular flexibility index (Phi) is 4.71. The molecule has 1 fully saturated rings. The molecule has 5 nitrogen and oxygen atoms in total. The summed E-state index contributed by atoms with van der Waals surface area (Å²) in [6.45, 7) is 6.27. The summed E-state index contributed by atoms with van der Waals surface area (Å²) < 4.78 is 0. The Morgan fingerprint density at radius 3 is 2.88 bits per heavy atom. The van der Waals surface area contributed by atoms with E-state index in [1.165, 1.54) is 6.08 Å². The fraction of sp³-hybridized carbons (Fsp3) is 0.474. The van der Waals surface area contributed by atoms with Crippen LogP contribution in [0.3, 0.4) is 0 Å². The predicted molar refractivity (Wildman–Crippen MR) is 93.1 cm³/mol. The highest BCUT2D eigenvalue weighted by Crippen LogP contribution is 2.31. The summed E-state index contributed by atoms with van der Waals surface area (Å²) in [6, 6.07) is 5.60. The number of amides is 2. The van der Waals surface area contributed by atoms with Crippen LogP contribution < -0.4 is 4.90 Å². The van der Waals surface area contributed by atoms with Gasteiger partial charge in [0, 0.05) is 23.8 Å². The minimum atomic E-state index is -0.108. The minimum absolute atomic E-state index is 0.00261. The summed E-state index contributed by atoms with van der Waals surface area (Å²) in [5, 5.41) is 9.52. The van der Waals surface area contributed by atoms with E-state index >= 15 is 0 Å². The lowest BCUT2D eigenvalue weighted by molar-refractivity contribution is -0.114.